The fourth-order valence-electron chi connectivity index (χ4n) is 3.97. The quantitative estimate of drug-likeness (QED) is 0.414. The molecule has 0 radical (unpaired) electrons. The first kappa shape index (κ1) is 24.0. The van der Waals surface area contributed by atoms with Gasteiger partial charge in [-0.25, -0.2) is 4.79 Å². The van der Waals surface area contributed by atoms with Gasteiger partial charge in [0.05, 0.1) is 5.41 Å². The average molecular weight is 388 g/mol. The van der Waals surface area contributed by atoms with E-state index < -0.39 is 11.0 Å². The number of carbonyl (C=O) groups is 2. The summed E-state index contributed by atoms with van der Waals surface area (Å²) in [6.07, 6.45) is 14.7. The number of terminal acetylenes is 1. The molecule has 4 heteroatoms. The lowest BCUT2D eigenvalue weighted by Gasteiger charge is -2.41. The second-order valence-electron chi connectivity index (χ2n) is 8.90. The van der Waals surface area contributed by atoms with Crippen molar-refractivity contribution in [3.8, 4) is 12.3 Å². The molecule has 1 aliphatic rings. The molecule has 0 N–H and O–H groups in total. The van der Waals surface area contributed by atoms with Gasteiger partial charge in [0.15, 0.2) is 5.78 Å². The van der Waals surface area contributed by atoms with Crippen molar-refractivity contribution in [3.63, 3.8) is 0 Å². The van der Waals surface area contributed by atoms with Crippen LogP contribution in [0.15, 0.2) is 24.8 Å². The first-order valence-electron chi connectivity index (χ1n) is 10.3. The molecule has 1 rings (SSSR count). The van der Waals surface area contributed by atoms with Gasteiger partial charge in [-0.1, -0.05) is 31.1 Å². The van der Waals surface area contributed by atoms with E-state index in [1.54, 1.807) is 4.90 Å². The first-order valence-corrected chi connectivity index (χ1v) is 10.3. The van der Waals surface area contributed by atoms with Crippen molar-refractivity contribution >= 4 is 11.9 Å². The number of hydrogen-bond donors (Lipinski definition) is 0. The molecule has 1 aliphatic carbocycles. The van der Waals surface area contributed by atoms with Crippen molar-refractivity contribution < 1.29 is 14.3 Å². The van der Waals surface area contributed by atoms with E-state index in [1.807, 2.05) is 45.9 Å². The van der Waals surface area contributed by atoms with E-state index >= 15 is 0 Å². The molecular weight excluding hydrogens is 350 g/mol. The van der Waals surface area contributed by atoms with Crippen molar-refractivity contribution in [1.29, 1.82) is 0 Å². The molecule has 156 valence electrons. The molecule has 0 spiro atoms. The topological polar surface area (TPSA) is 46.6 Å². The van der Waals surface area contributed by atoms with Gasteiger partial charge in [0, 0.05) is 19.5 Å². The molecule has 1 saturated carbocycles. The number of carbonyl (C=O) groups excluding carboxylic acids is 2. The predicted octanol–water partition coefficient (Wildman–Crippen LogP) is 5.39. The van der Waals surface area contributed by atoms with Gasteiger partial charge in [-0.2, -0.15) is 0 Å². The Labute approximate surface area is 171 Å². The van der Waals surface area contributed by atoms with Crippen molar-refractivity contribution in [2.75, 3.05) is 13.1 Å². The number of Topliss-reactive ketones (excluding diaryl/α,β-unsaturated/α-hetero) is 1. The van der Waals surface area contributed by atoms with Crippen LogP contribution in [0.3, 0.4) is 0 Å². The van der Waals surface area contributed by atoms with Crippen LogP contribution in [0.1, 0.15) is 66.7 Å². The molecular formula is C24H37NO3. The van der Waals surface area contributed by atoms with E-state index in [0.29, 0.717) is 38.3 Å². The molecule has 0 aromatic carbocycles. The zero-order valence-electron chi connectivity index (χ0n) is 18.3. The normalized spacial score (nSPS) is 25.4. The third-order valence-corrected chi connectivity index (χ3v) is 5.34. The maximum absolute atomic E-state index is 12.9. The summed E-state index contributed by atoms with van der Waals surface area (Å²) in [5, 5.41) is 0. The number of ether oxygens (including phenoxy) is 1. The van der Waals surface area contributed by atoms with Gasteiger partial charge in [-0.15, -0.1) is 13.0 Å². The molecule has 0 aliphatic heterocycles. The summed E-state index contributed by atoms with van der Waals surface area (Å²) in [4.78, 5) is 27.1. The molecule has 0 saturated heterocycles. The van der Waals surface area contributed by atoms with Crippen LogP contribution in [0.25, 0.3) is 0 Å². The average Bonchev–Trinajstić information content (AvgIpc) is 2.58. The van der Waals surface area contributed by atoms with Gasteiger partial charge in [0.1, 0.15) is 5.60 Å². The van der Waals surface area contributed by atoms with Crippen LogP contribution < -0.4 is 0 Å². The maximum atomic E-state index is 12.9. The minimum absolute atomic E-state index is 0.122. The van der Waals surface area contributed by atoms with E-state index in [9.17, 15) is 9.59 Å². The minimum Gasteiger partial charge on any atom is -0.444 e. The number of amides is 1. The predicted molar refractivity (Wildman–Crippen MR) is 115 cm³/mol. The van der Waals surface area contributed by atoms with Crippen LogP contribution in [-0.2, 0) is 9.53 Å². The fourth-order valence-corrected chi connectivity index (χ4v) is 3.97. The summed E-state index contributed by atoms with van der Waals surface area (Å²) >= 11 is 0. The summed E-state index contributed by atoms with van der Waals surface area (Å²) in [5.74, 6) is 3.50. The monoisotopic (exact) mass is 387 g/mol. The zero-order chi connectivity index (χ0) is 21.4. The number of rotatable bonds is 8. The highest BCUT2D eigenvalue weighted by Crippen LogP contribution is 2.45. The zero-order valence-corrected chi connectivity index (χ0v) is 18.3. The van der Waals surface area contributed by atoms with Crippen molar-refractivity contribution in [2.24, 2.45) is 17.3 Å². The number of ketones is 1. The van der Waals surface area contributed by atoms with Gasteiger partial charge in [0.2, 0.25) is 0 Å². The largest absolute Gasteiger partial charge is 0.444 e. The Balaban J connectivity index is 2.88. The Hall–Kier alpha value is -2.02. The molecule has 0 heterocycles. The molecule has 2 unspecified atom stereocenters. The number of allylic oxidation sites excluding steroid dienone is 2. The Bertz CT molecular complexity index is 623. The second-order valence-corrected chi connectivity index (χ2v) is 8.90. The molecule has 28 heavy (non-hydrogen) atoms. The number of nitrogens with zero attached hydrogens (tertiary/aromatic N) is 1. The van der Waals surface area contributed by atoms with Gasteiger partial charge < -0.3 is 9.64 Å². The van der Waals surface area contributed by atoms with E-state index in [1.165, 1.54) is 0 Å². The SMILES string of the molecule is C#C[C@@]1(CCCN(C/C=C/C)C(=O)OC(C)(C)C)C(=O)CC(C)CC1CC=C. The van der Waals surface area contributed by atoms with Crippen molar-refractivity contribution in [2.45, 2.75) is 72.3 Å². The highest BCUT2D eigenvalue weighted by molar-refractivity contribution is 5.89. The Kier molecular flexibility index (Phi) is 9.01. The third-order valence-electron chi connectivity index (χ3n) is 5.34. The fraction of sp³-hybridized carbons (Fsp3) is 0.667. The summed E-state index contributed by atoms with van der Waals surface area (Å²) in [5.41, 5.74) is -1.29. The van der Waals surface area contributed by atoms with Gasteiger partial charge in [-0.3, -0.25) is 4.79 Å². The Morgan fingerprint density at radius 1 is 1.46 bits per heavy atom. The summed E-state index contributed by atoms with van der Waals surface area (Å²) in [7, 11) is 0. The van der Waals surface area contributed by atoms with Gasteiger partial charge in [0.25, 0.3) is 0 Å². The number of hydrogen-bond acceptors (Lipinski definition) is 3. The van der Waals surface area contributed by atoms with Crippen LogP contribution in [-0.4, -0.2) is 35.5 Å². The molecule has 0 aromatic heterocycles. The summed E-state index contributed by atoms with van der Waals surface area (Å²) < 4.78 is 5.52. The molecule has 1 fully saturated rings. The van der Waals surface area contributed by atoms with Crippen molar-refractivity contribution in [1.82, 2.24) is 4.90 Å². The highest BCUT2D eigenvalue weighted by atomic mass is 16.6. The van der Waals surface area contributed by atoms with E-state index in [-0.39, 0.29) is 17.8 Å². The molecule has 0 aromatic rings. The standard InChI is InChI=1S/C24H37NO3/c1-8-11-15-25(22(27)28-23(5,6)7)16-12-14-24(10-3)20(13-9-2)17-19(4)18-21(24)26/h3,8-9,11,19-20H,2,12-18H2,1,4-7H3/b11-8+/t19?,20?,24-/m0/s1. The van der Waals surface area contributed by atoms with Crippen LogP contribution >= 0.6 is 0 Å². The second kappa shape index (κ2) is 10.5. The highest BCUT2D eigenvalue weighted by Gasteiger charge is 2.46. The summed E-state index contributed by atoms with van der Waals surface area (Å²) in [6, 6.07) is 0. The lowest BCUT2D eigenvalue weighted by atomic mass is 9.60. The van der Waals surface area contributed by atoms with Crippen LogP contribution in [0.2, 0.25) is 0 Å². The van der Waals surface area contributed by atoms with Crippen LogP contribution in [0.5, 0.6) is 0 Å². The van der Waals surface area contributed by atoms with E-state index in [2.05, 4.69) is 19.4 Å². The lowest BCUT2D eigenvalue weighted by molar-refractivity contribution is -0.133. The first-order chi connectivity index (χ1) is 13.1. The maximum Gasteiger partial charge on any atom is 0.410 e. The Morgan fingerprint density at radius 3 is 2.68 bits per heavy atom. The molecule has 1 amide bonds. The molecule has 4 nitrogen and oxygen atoms in total. The molecule has 0 bridgehead atoms. The Morgan fingerprint density at radius 2 is 2.14 bits per heavy atom. The van der Waals surface area contributed by atoms with Crippen LogP contribution in [0, 0.1) is 29.6 Å². The van der Waals surface area contributed by atoms with E-state index in [0.717, 1.165) is 12.8 Å². The van der Waals surface area contributed by atoms with E-state index in [4.69, 9.17) is 11.2 Å². The molecule has 3 atom stereocenters. The van der Waals surface area contributed by atoms with Gasteiger partial charge >= 0.3 is 6.09 Å². The third kappa shape index (κ3) is 6.55. The minimum atomic E-state index is -0.749. The van der Waals surface area contributed by atoms with Crippen LogP contribution in [0.4, 0.5) is 4.79 Å². The van der Waals surface area contributed by atoms with Crippen molar-refractivity contribution in [3.05, 3.63) is 24.8 Å². The lowest BCUT2D eigenvalue weighted by Crippen LogP contribution is -2.44. The summed E-state index contributed by atoms with van der Waals surface area (Å²) in [6.45, 7) is 14.4. The van der Waals surface area contributed by atoms with Gasteiger partial charge in [-0.05, 0) is 65.2 Å². The smallest absolute Gasteiger partial charge is 0.410 e.